The monoisotopic (exact) mass is 428 g/mol. The molecule has 0 saturated carbocycles. The van der Waals surface area contributed by atoms with Gasteiger partial charge in [0.1, 0.15) is 0 Å². The van der Waals surface area contributed by atoms with E-state index >= 15 is 0 Å². The molecule has 0 aliphatic rings. The Morgan fingerprint density at radius 2 is 1.84 bits per heavy atom. The summed E-state index contributed by atoms with van der Waals surface area (Å²) in [5.41, 5.74) is 5.76. The fourth-order valence-electron chi connectivity index (χ4n) is 3.87. The minimum atomic E-state index is 0.234. The lowest BCUT2D eigenvalue weighted by molar-refractivity contribution is 0.411. The Morgan fingerprint density at radius 1 is 1.09 bits per heavy atom. The average Bonchev–Trinajstić information content (AvgIpc) is 3.18. The molecule has 0 aliphatic carbocycles. The van der Waals surface area contributed by atoms with Gasteiger partial charge in [-0.3, -0.25) is 0 Å². The quantitative estimate of drug-likeness (QED) is 0.372. The van der Waals surface area contributed by atoms with Crippen molar-refractivity contribution < 1.29 is 0 Å². The molecule has 0 spiro atoms. The molecule has 3 rings (SSSR count). The van der Waals surface area contributed by atoms with Gasteiger partial charge < -0.3 is 10.6 Å². The minimum absolute atomic E-state index is 0.234. The van der Waals surface area contributed by atoms with Gasteiger partial charge >= 0.3 is 0 Å². The zero-order valence-corrected chi connectivity index (χ0v) is 19.9. The molecule has 0 saturated heterocycles. The summed E-state index contributed by atoms with van der Waals surface area (Å²) in [6.45, 7) is 17.8. The summed E-state index contributed by atoms with van der Waals surface area (Å²) in [6, 6.07) is 21.2. The van der Waals surface area contributed by atoms with Crippen molar-refractivity contribution in [1.29, 1.82) is 0 Å². The van der Waals surface area contributed by atoms with Crippen LogP contribution in [0.15, 0.2) is 85.7 Å². The van der Waals surface area contributed by atoms with E-state index in [0.29, 0.717) is 0 Å². The zero-order valence-electron chi connectivity index (χ0n) is 19.9. The van der Waals surface area contributed by atoms with Crippen molar-refractivity contribution in [3.05, 3.63) is 91.3 Å². The number of nitrogens with zero attached hydrogens (tertiary/aromatic N) is 2. The number of anilines is 1. The third kappa shape index (κ3) is 6.13. The molecule has 32 heavy (non-hydrogen) atoms. The van der Waals surface area contributed by atoms with Crippen molar-refractivity contribution in [2.45, 2.75) is 40.5 Å². The Kier molecular flexibility index (Phi) is 7.57. The topological polar surface area (TPSA) is 41.9 Å². The Bertz CT molecular complexity index is 1040. The van der Waals surface area contributed by atoms with Crippen LogP contribution in [0.5, 0.6) is 0 Å². The van der Waals surface area contributed by atoms with Crippen LogP contribution in [0.1, 0.15) is 39.7 Å². The molecule has 1 atom stereocenters. The van der Waals surface area contributed by atoms with Crippen LogP contribution in [0, 0.1) is 11.3 Å². The normalized spacial score (nSPS) is 12.2. The third-order valence-corrected chi connectivity index (χ3v) is 5.45. The standard InChI is InChI=1S/C28H36N4/c1-7-23(20-29-8-2)21(3)30-27-18-26(32(31-27)25-15-10-9-11-16-25)24-14-12-13-22(17-24)19-28(4,5)6/h8-18,23,29H,2-3,7,19-20H2,1,4-6H3,(H,30,31). The van der Waals surface area contributed by atoms with E-state index in [0.717, 1.165) is 47.8 Å². The maximum atomic E-state index is 4.90. The van der Waals surface area contributed by atoms with Crippen LogP contribution in [0.2, 0.25) is 0 Å². The lowest BCUT2D eigenvalue weighted by Gasteiger charge is -2.18. The number of aromatic nitrogens is 2. The summed E-state index contributed by atoms with van der Waals surface area (Å²) < 4.78 is 2.01. The van der Waals surface area contributed by atoms with E-state index in [1.807, 2.05) is 22.9 Å². The summed E-state index contributed by atoms with van der Waals surface area (Å²) in [6.07, 6.45) is 3.73. The summed E-state index contributed by atoms with van der Waals surface area (Å²) in [4.78, 5) is 0. The minimum Gasteiger partial charge on any atom is -0.391 e. The van der Waals surface area contributed by atoms with Crippen molar-refractivity contribution >= 4 is 5.82 Å². The van der Waals surface area contributed by atoms with Gasteiger partial charge in [0.25, 0.3) is 0 Å². The van der Waals surface area contributed by atoms with Crippen LogP contribution < -0.4 is 10.6 Å². The van der Waals surface area contributed by atoms with E-state index in [9.17, 15) is 0 Å². The molecule has 0 amide bonds. The maximum absolute atomic E-state index is 4.90. The van der Waals surface area contributed by atoms with E-state index < -0.39 is 0 Å². The van der Waals surface area contributed by atoms with Crippen molar-refractivity contribution in [3.8, 4) is 16.9 Å². The molecule has 2 N–H and O–H groups in total. The molecule has 0 fully saturated rings. The number of hydrogen-bond donors (Lipinski definition) is 2. The van der Waals surface area contributed by atoms with Gasteiger partial charge in [-0.1, -0.05) is 77.3 Å². The zero-order chi connectivity index (χ0) is 23.1. The van der Waals surface area contributed by atoms with Gasteiger partial charge in [0.15, 0.2) is 5.82 Å². The van der Waals surface area contributed by atoms with Crippen LogP contribution in [0.25, 0.3) is 16.9 Å². The summed E-state index contributed by atoms with van der Waals surface area (Å²) in [5.74, 6) is 1.08. The van der Waals surface area contributed by atoms with Crippen molar-refractivity contribution in [3.63, 3.8) is 0 Å². The number of hydrogen-bond acceptors (Lipinski definition) is 3. The first-order valence-corrected chi connectivity index (χ1v) is 11.4. The van der Waals surface area contributed by atoms with Crippen LogP contribution in [-0.4, -0.2) is 16.3 Å². The fraction of sp³-hybridized carbons (Fsp3) is 0.321. The van der Waals surface area contributed by atoms with Gasteiger partial charge in [-0.05, 0) is 48.2 Å². The first kappa shape index (κ1) is 23.4. The molecule has 2 aromatic carbocycles. The Hall–Kier alpha value is -3.27. The SMILES string of the molecule is C=CNCC(CC)C(=C)Nc1cc(-c2cccc(CC(C)(C)C)c2)n(-c2ccccc2)n1. The van der Waals surface area contributed by atoms with E-state index in [-0.39, 0.29) is 11.3 Å². The smallest absolute Gasteiger partial charge is 0.153 e. The highest BCUT2D eigenvalue weighted by molar-refractivity contribution is 5.67. The van der Waals surface area contributed by atoms with E-state index in [4.69, 9.17) is 5.10 Å². The van der Waals surface area contributed by atoms with E-state index in [1.165, 1.54) is 5.56 Å². The predicted molar refractivity (Wildman–Crippen MR) is 137 cm³/mol. The van der Waals surface area contributed by atoms with Gasteiger partial charge in [-0.2, -0.15) is 0 Å². The van der Waals surface area contributed by atoms with E-state index in [1.54, 1.807) is 6.20 Å². The largest absolute Gasteiger partial charge is 0.391 e. The van der Waals surface area contributed by atoms with Crippen LogP contribution in [0.4, 0.5) is 5.82 Å². The van der Waals surface area contributed by atoms with Crippen molar-refractivity contribution in [2.24, 2.45) is 11.3 Å². The number of nitrogens with one attached hydrogen (secondary N) is 2. The molecule has 0 aliphatic heterocycles. The summed E-state index contributed by atoms with van der Waals surface area (Å²) >= 11 is 0. The van der Waals surface area contributed by atoms with Crippen molar-refractivity contribution in [1.82, 2.24) is 15.1 Å². The van der Waals surface area contributed by atoms with Gasteiger partial charge in [0.05, 0.1) is 11.4 Å². The molecule has 0 radical (unpaired) electrons. The fourth-order valence-corrected chi connectivity index (χ4v) is 3.87. The van der Waals surface area contributed by atoms with Gasteiger partial charge in [-0.15, -0.1) is 5.10 Å². The van der Waals surface area contributed by atoms with E-state index in [2.05, 4.69) is 94.0 Å². The predicted octanol–water partition coefficient (Wildman–Crippen LogP) is 6.81. The molecule has 1 unspecified atom stereocenters. The Balaban J connectivity index is 1.97. The Morgan fingerprint density at radius 3 is 2.50 bits per heavy atom. The summed E-state index contributed by atoms with van der Waals surface area (Å²) in [7, 11) is 0. The summed E-state index contributed by atoms with van der Waals surface area (Å²) in [5, 5.41) is 11.6. The second kappa shape index (κ2) is 10.4. The highest BCUT2D eigenvalue weighted by atomic mass is 15.3. The molecule has 4 heteroatoms. The van der Waals surface area contributed by atoms with Gasteiger partial charge in [-0.25, -0.2) is 4.68 Å². The molecule has 0 bridgehead atoms. The number of para-hydroxylation sites is 1. The highest BCUT2D eigenvalue weighted by Gasteiger charge is 2.17. The molecule has 1 aromatic heterocycles. The van der Waals surface area contributed by atoms with Crippen LogP contribution in [-0.2, 0) is 6.42 Å². The maximum Gasteiger partial charge on any atom is 0.153 e. The second-order valence-electron chi connectivity index (χ2n) is 9.47. The lowest BCUT2D eigenvalue weighted by Crippen LogP contribution is -2.22. The number of rotatable bonds is 10. The van der Waals surface area contributed by atoms with Gasteiger partial charge in [0, 0.05) is 29.8 Å². The third-order valence-electron chi connectivity index (χ3n) is 5.45. The molecule has 3 aromatic rings. The second-order valence-corrected chi connectivity index (χ2v) is 9.47. The first-order valence-electron chi connectivity index (χ1n) is 11.4. The molecular formula is C28H36N4. The van der Waals surface area contributed by atoms with Gasteiger partial charge in [0.2, 0.25) is 0 Å². The molecular weight excluding hydrogens is 392 g/mol. The van der Waals surface area contributed by atoms with Crippen LogP contribution >= 0.6 is 0 Å². The van der Waals surface area contributed by atoms with Crippen LogP contribution in [0.3, 0.4) is 0 Å². The molecule has 168 valence electrons. The lowest BCUT2D eigenvalue weighted by atomic mass is 9.87. The molecule has 4 nitrogen and oxygen atoms in total. The molecule has 1 heterocycles. The average molecular weight is 429 g/mol. The highest BCUT2D eigenvalue weighted by Crippen LogP contribution is 2.30. The Labute approximate surface area is 193 Å². The first-order chi connectivity index (χ1) is 15.3. The van der Waals surface area contributed by atoms with Crippen molar-refractivity contribution in [2.75, 3.05) is 11.9 Å². The number of benzene rings is 2.